The second kappa shape index (κ2) is 16.5. The molecule has 13 nitrogen and oxygen atoms in total. The van der Waals surface area contributed by atoms with Gasteiger partial charge in [0.15, 0.2) is 5.78 Å². The first kappa shape index (κ1) is 38.8. The molecule has 0 radical (unpaired) electrons. The Labute approximate surface area is 312 Å². The van der Waals surface area contributed by atoms with E-state index in [-0.39, 0.29) is 22.7 Å². The third-order valence-corrected chi connectivity index (χ3v) is 9.61. The SMILES string of the molecule is CCOc1cccc(CN2[C@@H](CC(=O)c3ccc(C(=O)OC)cc3[N+](=O)[O-])[C@@H]([N+](=O)[O-])[C@H](c3cccc(Cl)c3F)[C@@H]2C(=O)Nc2cc(Cl)ccc2C)c1. The number of ketones is 1. The number of anilines is 1. The number of ether oxygens (including phenoxy) is 2. The number of nitro benzene ring substituents is 1. The molecule has 5 rings (SSSR count). The minimum absolute atomic E-state index is 0.169. The van der Waals surface area contributed by atoms with Gasteiger partial charge in [-0.2, -0.15) is 0 Å². The molecule has 4 aromatic rings. The lowest BCUT2D eigenvalue weighted by molar-refractivity contribution is -0.527. The van der Waals surface area contributed by atoms with Crippen LogP contribution < -0.4 is 10.1 Å². The van der Waals surface area contributed by atoms with E-state index in [1.807, 2.05) is 0 Å². The molecule has 1 heterocycles. The highest BCUT2D eigenvalue weighted by Crippen LogP contribution is 2.45. The summed E-state index contributed by atoms with van der Waals surface area (Å²) in [4.78, 5) is 66.0. The average molecular weight is 768 g/mol. The van der Waals surface area contributed by atoms with Gasteiger partial charge in [-0.1, -0.05) is 53.5 Å². The Morgan fingerprint density at radius 1 is 0.981 bits per heavy atom. The molecule has 1 amide bonds. The molecule has 1 aliphatic rings. The van der Waals surface area contributed by atoms with Crippen molar-refractivity contribution in [2.45, 2.75) is 50.9 Å². The molecular weight excluding hydrogens is 734 g/mol. The van der Waals surface area contributed by atoms with E-state index in [1.54, 1.807) is 50.2 Å². The number of halogens is 3. The number of rotatable bonds is 13. The van der Waals surface area contributed by atoms with E-state index >= 15 is 4.39 Å². The summed E-state index contributed by atoms with van der Waals surface area (Å²) in [5, 5.41) is 28.1. The van der Waals surface area contributed by atoms with Gasteiger partial charge in [0.05, 0.1) is 46.7 Å². The first-order valence-electron chi connectivity index (χ1n) is 16.3. The maximum absolute atomic E-state index is 16.0. The van der Waals surface area contributed by atoms with E-state index in [2.05, 4.69) is 10.1 Å². The van der Waals surface area contributed by atoms with Gasteiger partial charge in [-0.25, -0.2) is 9.18 Å². The molecule has 1 fully saturated rings. The first-order valence-corrected chi connectivity index (χ1v) is 17.0. The zero-order chi connectivity index (χ0) is 38.6. The van der Waals surface area contributed by atoms with Crippen LogP contribution in [0.2, 0.25) is 10.0 Å². The number of aryl methyl sites for hydroxylation is 1. The van der Waals surface area contributed by atoms with Crippen LogP contribution in [0.5, 0.6) is 5.75 Å². The van der Waals surface area contributed by atoms with Crippen molar-refractivity contribution in [2.24, 2.45) is 0 Å². The Bertz CT molecular complexity index is 2100. The maximum Gasteiger partial charge on any atom is 0.338 e. The third-order valence-electron chi connectivity index (χ3n) is 9.08. The van der Waals surface area contributed by atoms with Gasteiger partial charge in [-0.3, -0.25) is 34.7 Å². The van der Waals surface area contributed by atoms with Crippen molar-refractivity contribution in [1.82, 2.24) is 4.90 Å². The van der Waals surface area contributed by atoms with E-state index in [0.29, 0.717) is 34.2 Å². The lowest BCUT2D eigenvalue weighted by Crippen LogP contribution is -2.46. The fraction of sp³-hybridized carbons (Fsp3) is 0.270. The lowest BCUT2D eigenvalue weighted by atomic mass is 9.84. The van der Waals surface area contributed by atoms with Crippen LogP contribution in [-0.4, -0.2) is 64.2 Å². The van der Waals surface area contributed by atoms with Gasteiger partial charge in [0.1, 0.15) is 17.6 Å². The van der Waals surface area contributed by atoms with Gasteiger partial charge >= 0.3 is 5.97 Å². The summed E-state index contributed by atoms with van der Waals surface area (Å²) >= 11 is 12.4. The number of esters is 1. The number of methoxy groups -OCH3 is 1. The van der Waals surface area contributed by atoms with E-state index in [4.69, 9.17) is 27.9 Å². The van der Waals surface area contributed by atoms with E-state index < -0.39 is 75.0 Å². The molecular formula is C37H33Cl2FN4O9. The predicted molar refractivity (Wildman–Crippen MR) is 194 cm³/mol. The smallest absolute Gasteiger partial charge is 0.338 e. The Hall–Kier alpha value is -5.44. The number of likely N-dealkylation sites (tertiary alicyclic amines) is 1. The van der Waals surface area contributed by atoms with Crippen LogP contribution in [0.1, 0.15) is 56.7 Å². The number of hydrogen-bond acceptors (Lipinski definition) is 10. The average Bonchev–Trinajstić information content (AvgIpc) is 3.43. The fourth-order valence-corrected chi connectivity index (χ4v) is 7.07. The molecule has 1 N–H and O–H groups in total. The van der Waals surface area contributed by atoms with Crippen LogP contribution in [-0.2, 0) is 16.1 Å². The minimum Gasteiger partial charge on any atom is -0.494 e. The van der Waals surface area contributed by atoms with Gasteiger partial charge in [0, 0.05) is 40.2 Å². The largest absolute Gasteiger partial charge is 0.494 e. The van der Waals surface area contributed by atoms with Crippen molar-refractivity contribution in [3.05, 3.63) is 143 Å². The van der Waals surface area contributed by atoms with Gasteiger partial charge in [0.25, 0.3) is 5.69 Å². The number of Topliss-reactive ketones (excluding diaryl/α,β-unsaturated/α-hetero) is 1. The molecule has 0 bridgehead atoms. The molecule has 0 unspecified atom stereocenters. The summed E-state index contributed by atoms with van der Waals surface area (Å²) < 4.78 is 26.3. The number of benzene rings is 4. The van der Waals surface area contributed by atoms with Gasteiger partial charge in [-0.15, -0.1) is 0 Å². The standard InChI is InChI=1S/C37H33Cl2FN4O9/c1-4-53-24-8-5-7-21(15-24)19-42-30(18-31(45)25-14-12-22(37(47)52-3)16-29(25)43(48)49)34(44(50)51)32(26-9-6-10-27(39)33(26)40)35(42)36(46)41-28-17-23(38)13-11-20(28)2/h5-17,30,32,34-35H,4,18-19H2,1-3H3,(H,41,46)/t30-,32-,34+,35+/m0/s1. The van der Waals surface area contributed by atoms with Crippen LogP contribution in [0.15, 0.2) is 78.9 Å². The first-order chi connectivity index (χ1) is 25.2. The summed E-state index contributed by atoms with van der Waals surface area (Å²) in [6.07, 6.45) is -0.714. The van der Waals surface area contributed by atoms with Crippen molar-refractivity contribution in [3.63, 3.8) is 0 Å². The molecule has 0 aliphatic carbocycles. The Balaban J connectivity index is 1.70. The van der Waals surface area contributed by atoms with Crippen LogP contribution >= 0.6 is 23.2 Å². The second-order valence-electron chi connectivity index (χ2n) is 12.3. The van der Waals surface area contributed by atoms with Crippen molar-refractivity contribution in [2.75, 3.05) is 19.0 Å². The molecule has 0 saturated carbocycles. The normalized spacial score (nSPS) is 18.3. The number of carbonyl (C=O) groups excluding carboxylic acids is 3. The summed E-state index contributed by atoms with van der Waals surface area (Å²) in [5.41, 5.74) is -0.151. The Morgan fingerprint density at radius 2 is 1.72 bits per heavy atom. The second-order valence-corrected chi connectivity index (χ2v) is 13.1. The van der Waals surface area contributed by atoms with Crippen LogP contribution in [0.4, 0.5) is 15.8 Å². The number of nitrogens with zero attached hydrogens (tertiary/aromatic N) is 3. The summed E-state index contributed by atoms with van der Waals surface area (Å²) in [6, 6.07) is 13.8. The zero-order valence-electron chi connectivity index (χ0n) is 28.6. The number of nitro groups is 2. The molecule has 4 atom stereocenters. The lowest BCUT2D eigenvalue weighted by Gasteiger charge is -2.30. The van der Waals surface area contributed by atoms with Crippen molar-refractivity contribution < 1.29 is 38.1 Å². The molecule has 276 valence electrons. The number of carbonyl (C=O) groups is 3. The topological polar surface area (TPSA) is 171 Å². The van der Waals surface area contributed by atoms with Gasteiger partial charge in [-0.05, 0) is 67.4 Å². The third kappa shape index (κ3) is 8.30. The van der Waals surface area contributed by atoms with Crippen molar-refractivity contribution >= 4 is 52.2 Å². The number of amides is 1. The van der Waals surface area contributed by atoms with Gasteiger partial charge < -0.3 is 14.8 Å². The minimum atomic E-state index is -1.81. The zero-order valence-corrected chi connectivity index (χ0v) is 30.1. The van der Waals surface area contributed by atoms with Crippen LogP contribution in [0.25, 0.3) is 0 Å². The Morgan fingerprint density at radius 3 is 2.40 bits per heavy atom. The van der Waals surface area contributed by atoms with Crippen LogP contribution in [0, 0.1) is 33.0 Å². The molecule has 53 heavy (non-hydrogen) atoms. The summed E-state index contributed by atoms with van der Waals surface area (Å²) in [5.74, 6) is -4.58. The van der Waals surface area contributed by atoms with E-state index in [0.717, 1.165) is 25.3 Å². The predicted octanol–water partition coefficient (Wildman–Crippen LogP) is 7.43. The van der Waals surface area contributed by atoms with Crippen LogP contribution in [0.3, 0.4) is 0 Å². The van der Waals surface area contributed by atoms with E-state index in [9.17, 15) is 34.6 Å². The van der Waals surface area contributed by atoms with Crippen molar-refractivity contribution in [3.8, 4) is 5.75 Å². The van der Waals surface area contributed by atoms with Gasteiger partial charge in [0.2, 0.25) is 11.9 Å². The monoisotopic (exact) mass is 766 g/mol. The molecule has 4 aromatic carbocycles. The highest BCUT2D eigenvalue weighted by Gasteiger charge is 2.60. The van der Waals surface area contributed by atoms with Crippen molar-refractivity contribution in [1.29, 1.82) is 0 Å². The summed E-state index contributed by atoms with van der Waals surface area (Å²) in [7, 11) is 1.09. The Kier molecular flexibility index (Phi) is 12.1. The molecule has 0 spiro atoms. The fourth-order valence-electron chi connectivity index (χ4n) is 6.72. The quantitative estimate of drug-likeness (QED) is 0.0625. The molecule has 16 heteroatoms. The highest BCUT2D eigenvalue weighted by atomic mass is 35.5. The summed E-state index contributed by atoms with van der Waals surface area (Å²) in [6.45, 7) is 3.67. The maximum atomic E-state index is 16.0. The highest BCUT2D eigenvalue weighted by molar-refractivity contribution is 6.31. The van der Waals surface area contributed by atoms with E-state index in [1.165, 1.54) is 29.2 Å². The molecule has 0 aromatic heterocycles. The number of hydrogen-bond donors (Lipinski definition) is 1. The molecule has 1 saturated heterocycles. The number of nitrogens with one attached hydrogen (secondary N) is 1. The molecule has 1 aliphatic heterocycles.